The third kappa shape index (κ3) is 3.48. The average Bonchev–Trinajstić information content (AvgIpc) is 2.84. The number of hydrogen-bond acceptors (Lipinski definition) is 5. The van der Waals surface area contributed by atoms with Gasteiger partial charge in [0.15, 0.2) is 9.84 Å². The van der Waals surface area contributed by atoms with Crippen molar-refractivity contribution in [2.45, 2.75) is 31.6 Å². The van der Waals surface area contributed by atoms with Crippen molar-refractivity contribution in [2.75, 3.05) is 31.3 Å². The summed E-state index contributed by atoms with van der Waals surface area (Å²) in [5.41, 5.74) is 0.885. The fourth-order valence-corrected chi connectivity index (χ4v) is 4.19. The predicted octanol–water partition coefficient (Wildman–Crippen LogP) is 0.827. The van der Waals surface area contributed by atoms with Crippen LogP contribution in [0.2, 0.25) is 0 Å². The summed E-state index contributed by atoms with van der Waals surface area (Å²) in [6.07, 6.45) is 3.41. The van der Waals surface area contributed by atoms with Gasteiger partial charge in [0.25, 0.3) is 0 Å². The van der Waals surface area contributed by atoms with Crippen LogP contribution in [-0.2, 0) is 21.1 Å². The van der Waals surface area contributed by atoms with Crippen molar-refractivity contribution in [3.8, 4) is 0 Å². The Labute approximate surface area is 114 Å². The van der Waals surface area contributed by atoms with Gasteiger partial charge in [-0.15, -0.1) is 0 Å². The first-order chi connectivity index (χ1) is 9.03. The Morgan fingerprint density at radius 3 is 3.00 bits per heavy atom. The molecule has 19 heavy (non-hydrogen) atoms. The molecule has 0 radical (unpaired) electrons. The maximum Gasteiger partial charge on any atom is 0.203 e. The van der Waals surface area contributed by atoms with Gasteiger partial charge in [-0.3, -0.25) is 0 Å². The quantitative estimate of drug-likeness (QED) is 0.784. The number of hydrogen-bond donors (Lipinski definition) is 1. The van der Waals surface area contributed by atoms with Crippen LogP contribution < -0.4 is 5.32 Å². The SMILES string of the molecule is COCCNc1nc(C)cn1CC1CCCS1(=O)=O. The molecule has 2 heterocycles. The molecule has 0 aromatic carbocycles. The van der Waals surface area contributed by atoms with E-state index in [1.54, 1.807) is 7.11 Å². The van der Waals surface area contributed by atoms with Gasteiger partial charge in [-0.25, -0.2) is 13.4 Å². The molecular weight excluding hydrogens is 266 g/mol. The molecule has 1 aliphatic rings. The molecule has 1 saturated heterocycles. The largest absolute Gasteiger partial charge is 0.383 e. The molecule has 0 saturated carbocycles. The van der Waals surface area contributed by atoms with E-state index in [0.717, 1.165) is 24.5 Å². The monoisotopic (exact) mass is 287 g/mol. The molecule has 1 N–H and O–H groups in total. The summed E-state index contributed by atoms with van der Waals surface area (Å²) in [7, 11) is -1.28. The Morgan fingerprint density at radius 2 is 2.37 bits per heavy atom. The van der Waals surface area contributed by atoms with E-state index < -0.39 is 9.84 Å². The van der Waals surface area contributed by atoms with E-state index in [-0.39, 0.29) is 5.25 Å². The second kappa shape index (κ2) is 5.92. The number of nitrogens with one attached hydrogen (secondary N) is 1. The summed E-state index contributed by atoms with van der Waals surface area (Å²) in [5, 5.41) is 2.89. The van der Waals surface area contributed by atoms with Gasteiger partial charge in [0.05, 0.1) is 23.3 Å². The zero-order valence-corrected chi connectivity index (χ0v) is 12.2. The Balaban J connectivity index is 2.07. The van der Waals surface area contributed by atoms with Crippen LogP contribution in [0.15, 0.2) is 6.20 Å². The lowest BCUT2D eigenvalue weighted by Crippen LogP contribution is -2.23. The third-order valence-corrected chi connectivity index (χ3v) is 5.61. The fraction of sp³-hybridized carbons (Fsp3) is 0.750. The summed E-state index contributed by atoms with van der Waals surface area (Å²) in [5.74, 6) is 1.04. The Hall–Kier alpha value is -1.08. The van der Waals surface area contributed by atoms with Crippen LogP contribution in [0.1, 0.15) is 18.5 Å². The number of imidazole rings is 1. The highest BCUT2D eigenvalue weighted by atomic mass is 32.2. The highest BCUT2D eigenvalue weighted by Crippen LogP contribution is 2.23. The molecule has 1 fully saturated rings. The molecule has 7 heteroatoms. The normalized spacial score (nSPS) is 21.7. The van der Waals surface area contributed by atoms with Crippen molar-refractivity contribution in [1.29, 1.82) is 0 Å². The van der Waals surface area contributed by atoms with Crippen molar-refractivity contribution >= 4 is 15.8 Å². The van der Waals surface area contributed by atoms with Crippen LogP contribution in [0.4, 0.5) is 5.95 Å². The molecule has 0 bridgehead atoms. The first-order valence-electron chi connectivity index (χ1n) is 6.51. The molecule has 1 atom stereocenters. The van der Waals surface area contributed by atoms with E-state index in [9.17, 15) is 8.42 Å². The molecule has 0 spiro atoms. The number of anilines is 1. The molecule has 2 rings (SSSR count). The zero-order valence-electron chi connectivity index (χ0n) is 11.4. The van der Waals surface area contributed by atoms with E-state index in [1.165, 1.54) is 0 Å². The molecule has 6 nitrogen and oxygen atoms in total. The van der Waals surface area contributed by atoms with Crippen LogP contribution in [-0.4, -0.2) is 49.2 Å². The summed E-state index contributed by atoms with van der Waals surface area (Å²) >= 11 is 0. The molecule has 0 amide bonds. The zero-order chi connectivity index (χ0) is 13.9. The van der Waals surface area contributed by atoms with Crippen LogP contribution in [0.3, 0.4) is 0 Å². The van der Waals surface area contributed by atoms with Crippen molar-refractivity contribution in [3.63, 3.8) is 0 Å². The topological polar surface area (TPSA) is 73.2 Å². The number of nitrogens with zero attached hydrogens (tertiary/aromatic N) is 2. The summed E-state index contributed by atoms with van der Waals surface area (Å²) in [6, 6.07) is 0. The lowest BCUT2D eigenvalue weighted by atomic mass is 10.2. The van der Waals surface area contributed by atoms with Crippen LogP contribution >= 0.6 is 0 Å². The summed E-state index contributed by atoms with van der Waals surface area (Å²) in [4.78, 5) is 4.37. The second-order valence-electron chi connectivity index (χ2n) is 4.91. The summed E-state index contributed by atoms with van der Waals surface area (Å²) < 4.78 is 30.6. The van der Waals surface area contributed by atoms with Gasteiger partial charge in [0.1, 0.15) is 0 Å². The van der Waals surface area contributed by atoms with Crippen LogP contribution in [0, 0.1) is 6.92 Å². The minimum absolute atomic E-state index is 0.274. The smallest absolute Gasteiger partial charge is 0.203 e. The molecule has 1 unspecified atom stereocenters. The van der Waals surface area contributed by atoms with Crippen molar-refractivity contribution in [3.05, 3.63) is 11.9 Å². The second-order valence-corrected chi connectivity index (χ2v) is 7.31. The number of aromatic nitrogens is 2. The minimum Gasteiger partial charge on any atom is -0.383 e. The first kappa shape index (κ1) is 14.3. The number of aryl methyl sites for hydroxylation is 1. The Morgan fingerprint density at radius 1 is 1.58 bits per heavy atom. The average molecular weight is 287 g/mol. The van der Waals surface area contributed by atoms with Gasteiger partial charge >= 0.3 is 0 Å². The van der Waals surface area contributed by atoms with Crippen molar-refractivity contribution < 1.29 is 13.2 Å². The lowest BCUT2D eigenvalue weighted by molar-refractivity contribution is 0.210. The number of methoxy groups -OCH3 is 1. The Kier molecular flexibility index (Phi) is 4.46. The number of sulfone groups is 1. The van der Waals surface area contributed by atoms with Crippen molar-refractivity contribution in [1.82, 2.24) is 9.55 Å². The van der Waals surface area contributed by atoms with Crippen molar-refractivity contribution in [2.24, 2.45) is 0 Å². The highest BCUT2D eigenvalue weighted by molar-refractivity contribution is 7.92. The fourth-order valence-electron chi connectivity index (χ4n) is 2.37. The molecule has 1 aromatic heterocycles. The standard InChI is InChI=1S/C12H21N3O3S/c1-10-8-15(12(14-10)13-5-6-18-2)9-11-4-3-7-19(11,16)17/h8,11H,3-7,9H2,1-2H3,(H,13,14). The summed E-state index contributed by atoms with van der Waals surface area (Å²) in [6.45, 7) is 3.64. The van der Waals surface area contributed by atoms with E-state index >= 15 is 0 Å². The number of ether oxygens (including phenoxy) is 1. The van der Waals surface area contributed by atoms with E-state index in [1.807, 2.05) is 17.7 Å². The minimum atomic E-state index is -2.92. The van der Waals surface area contributed by atoms with Gasteiger partial charge in [0, 0.05) is 26.4 Å². The van der Waals surface area contributed by atoms with E-state index in [2.05, 4.69) is 10.3 Å². The molecule has 1 aromatic rings. The van der Waals surface area contributed by atoms with Gasteiger partial charge in [-0.05, 0) is 19.8 Å². The van der Waals surface area contributed by atoms with Crippen LogP contribution in [0.25, 0.3) is 0 Å². The highest BCUT2D eigenvalue weighted by Gasteiger charge is 2.31. The molecular formula is C12H21N3O3S. The maximum atomic E-state index is 11.9. The Bertz CT molecular complexity index is 524. The molecule has 1 aliphatic heterocycles. The lowest BCUT2D eigenvalue weighted by Gasteiger charge is -2.13. The molecule has 108 valence electrons. The van der Waals surface area contributed by atoms with Gasteiger partial charge in [0.2, 0.25) is 5.95 Å². The molecule has 0 aliphatic carbocycles. The maximum absolute atomic E-state index is 11.9. The van der Waals surface area contributed by atoms with Gasteiger partial charge in [-0.1, -0.05) is 0 Å². The van der Waals surface area contributed by atoms with Gasteiger partial charge in [-0.2, -0.15) is 0 Å². The predicted molar refractivity (Wildman–Crippen MR) is 74.1 cm³/mol. The third-order valence-electron chi connectivity index (χ3n) is 3.35. The number of rotatable bonds is 6. The van der Waals surface area contributed by atoms with Gasteiger partial charge < -0.3 is 14.6 Å². The van der Waals surface area contributed by atoms with Crippen LogP contribution in [0.5, 0.6) is 0 Å². The van der Waals surface area contributed by atoms with E-state index in [4.69, 9.17) is 4.74 Å². The van der Waals surface area contributed by atoms with E-state index in [0.29, 0.717) is 25.4 Å². The first-order valence-corrected chi connectivity index (χ1v) is 8.22.